The van der Waals surface area contributed by atoms with Crippen LogP contribution in [0.15, 0.2) is 30.6 Å². The van der Waals surface area contributed by atoms with Crippen molar-refractivity contribution >= 4 is 29.5 Å². The highest BCUT2D eigenvalue weighted by atomic mass is 16.6. The van der Waals surface area contributed by atoms with Gasteiger partial charge in [0.25, 0.3) is 5.91 Å². The first-order valence-corrected chi connectivity index (χ1v) is 14.0. The molecule has 3 N–H and O–H groups in total. The number of piperidine rings is 2. The number of ether oxygens (including phenoxy) is 1. The van der Waals surface area contributed by atoms with Crippen LogP contribution in [0.25, 0.3) is 0 Å². The fourth-order valence-corrected chi connectivity index (χ4v) is 5.94. The number of carbonyl (C=O) groups is 4. The molecule has 2 saturated heterocycles. The number of aliphatic hydroxyl groups is 1. The van der Waals surface area contributed by atoms with Crippen LogP contribution < -0.4 is 10.6 Å². The summed E-state index contributed by atoms with van der Waals surface area (Å²) in [6.45, 7) is 10.6. The maximum absolute atomic E-state index is 13.4. The lowest BCUT2D eigenvalue weighted by Gasteiger charge is -2.45. The van der Waals surface area contributed by atoms with Crippen molar-refractivity contribution in [2.75, 3.05) is 11.9 Å². The minimum atomic E-state index is -1.28. The molecule has 12 nitrogen and oxygen atoms in total. The fraction of sp³-hybridized carbons (Fsp3) is 0.552. The van der Waals surface area contributed by atoms with Crippen LogP contribution >= 0.6 is 0 Å². The van der Waals surface area contributed by atoms with Gasteiger partial charge in [-0.2, -0.15) is 5.10 Å². The third-order valence-corrected chi connectivity index (χ3v) is 7.91. The lowest BCUT2D eigenvalue weighted by Crippen LogP contribution is -2.54. The van der Waals surface area contributed by atoms with Crippen molar-refractivity contribution in [1.29, 1.82) is 0 Å². The Bertz CT molecular complexity index is 1380. The van der Waals surface area contributed by atoms with Crippen molar-refractivity contribution in [2.24, 2.45) is 0 Å². The van der Waals surface area contributed by atoms with Crippen LogP contribution in [0.2, 0.25) is 0 Å². The summed E-state index contributed by atoms with van der Waals surface area (Å²) in [5.41, 5.74) is 1.21. The molecular formula is C29H38N6O6. The quantitative estimate of drug-likeness (QED) is 0.468. The Morgan fingerprint density at radius 1 is 1.22 bits per heavy atom. The van der Waals surface area contributed by atoms with E-state index in [9.17, 15) is 24.3 Å². The number of aliphatic hydroxyl groups excluding tert-OH is 1. The Morgan fingerprint density at radius 2 is 1.98 bits per heavy atom. The van der Waals surface area contributed by atoms with E-state index < -0.39 is 35.2 Å². The Hall–Kier alpha value is -3.93. The summed E-state index contributed by atoms with van der Waals surface area (Å²) in [5, 5.41) is 21.1. The third kappa shape index (κ3) is 5.65. The van der Waals surface area contributed by atoms with Gasteiger partial charge in [-0.25, -0.2) is 4.79 Å². The summed E-state index contributed by atoms with van der Waals surface area (Å²) in [4.78, 5) is 53.1. The molecule has 3 aliphatic heterocycles. The number of likely N-dealkylation sites (tertiary alicyclic amines) is 1. The highest BCUT2D eigenvalue weighted by Crippen LogP contribution is 2.39. The molecule has 0 bridgehead atoms. The van der Waals surface area contributed by atoms with Crippen molar-refractivity contribution in [1.82, 2.24) is 24.9 Å². The molecule has 220 valence electrons. The molecule has 3 aliphatic rings. The second-order valence-corrected chi connectivity index (χ2v) is 12.6. The first kappa shape index (κ1) is 28.6. The van der Waals surface area contributed by atoms with E-state index in [0.717, 1.165) is 23.3 Å². The highest BCUT2D eigenvalue weighted by Gasteiger charge is 2.45. The minimum Gasteiger partial charge on any atom is -0.444 e. The number of amides is 4. The Kier molecular flexibility index (Phi) is 7.31. The van der Waals surface area contributed by atoms with Crippen molar-refractivity contribution in [3.63, 3.8) is 0 Å². The van der Waals surface area contributed by atoms with Gasteiger partial charge in [0, 0.05) is 48.1 Å². The van der Waals surface area contributed by atoms with E-state index in [1.807, 2.05) is 45.5 Å². The Morgan fingerprint density at radius 3 is 2.66 bits per heavy atom. The average molecular weight is 567 g/mol. The number of imide groups is 1. The molecule has 41 heavy (non-hydrogen) atoms. The molecule has 0 aliphatic carbocycles. The van der Waals surface area contributed by atoms with E-state index in [2.05, 4.69) is 15.7 Å². The maximum atomic E-state index is 13.4. The van der Waals surface area contributed by atoms with Crippen LogP contribution in [0.5, 0.6) is 0 Å². The van der Waals surface area contributed by atoms with Gasteiger partial charge in [-0.3, -0.25) is 29.3 Å². The molecular weight excluding hydrogens is 528 g/mol. The molecule has 1 aromatic heterocycles. The summed E-state index contributed by atoms with van der Waals surface area (Å²) in [7, 11) is 0. The SMILES string of the molecule is CC(C)(C)OC(=O)N1CC[C@H](n2cc(CNc3cccc4c3C(=O)N(C3CCC(=O)NC3=O)C4O)cn2)CC1(C)C. The van der Waals surface area contributed by atoms with Gasteiger partial charge >= 0.3 is 6.09 Å². The van der Waals surface area contributed by atoms with Crippen LogP contribution in [0.4, 0.5) is 10.5 Å². The summed E-state index contributed by atoms with van der Waals surface area (Å²) in [5.74, 6) is -1.42. The number of rotatable bonds is 5. The molecule has 12 heteroatoms. The topological polar surface area (TPSA) is 146 Å². The zero-order valence-electron chi connectivity index (χ0n) is 24.1. The van der Waals surface area contributed by atoms with Gasteiger partial charge in [-0.05, 0) is 59.9 Å². The summed E-state index contributed by atoms with van der Waals surface area (Å²) in [6.07, 6.45) is 3.88. The number of benzene rings is 1. The van der Waals surface area contributed by atoms with Gasteiger partial charge in [0.05, 0.1) is 17.8 Å². The zero-order chi connectivity index (χ0) is 29.7. The van der Waals surface area contributed by atoms with Gasteiger partial charge in [0.2, 0.25) is 11.8 Å². The van der Waals surface area contributed by atoms with Crippen LogP contribution in [0.3, 0.4) is 0 Å². The van der Waals surface area contributed by atoms with Crippen molar-refractivity contribution in [3.8, 4) is 0 Å². The number of aromatic nitrogens is 2. The molecule has 2 aromatic rings. The van der Waals surface area contributed by atoms with Gasteiger partial charge < -0.3 is 20.1 Å². The number of hydrogen-bond donors (Lipinski definition) is 3. The molecule has 0 spiro atoms. The molecule has 4 heterocycles. The summed E-state index contributed by atoms with van der Waals surface area (Å²) < 4.78 is 7.54. The number of nitrogens with one attached hydrogen (secondary N) is 2. The standard InChI is InChI=1S/C29H38N6O6/c1-28(2,3)41-27(40)33-12-11-18(13-29(33,4)5)34-16-17(15-31-34)14-30-20-8-6-7-19-23(20)26(39)35(25(19)38)21-9-10-22(36)32-24(21)37/h6-8,15-16,18,21,25,30,38H,9-14H2,1-5H3,(H,32,36,37)/t18-,21?,25?/m0/s1. The van der Waals surface area contributed by atoms with Crippen molar-refractivity contribution in [2.45, 2.75) is 96.3 Å². The molecule has 4 amide bonds. The predicted molar refractivity (Wildman–Crippen MR) is 149 cm³/mol. The van der Waals surface area contributed by atoms with E-state index in [-0.39, 0.29) is 30.9 Å². The van der Waals surface area contributed by atoms with Gasteiger partial charge in [-0.1, -0.05) is 12.1 Å². The first-order valence-electron chi connectivity index (χ1n) is 14.0. The number of nitrogens with zero attached hydrogens (tertiary/aromatic N) is 4. The molecule has 1 aromatic carbocycles. The van der Waals surface area contributed by atoms with E-state index >= 15 is 0 Å². The van der Waals surface area contributed by atoms with Crippen LogP contribution in [0.1, 0.15) is 94.1 Å². The van der Waals surface area contributed by atoms with Gasteiger partial charge in [-0.15, -0.1) is 0 Å². The Balaban J connectivity index is 1.25. The molecule has 2 fully saturated rings. The fourth-order valence-electron chi connectivity index (χ4n) is 5.94. The summed E-state index contributed by atoms with van der Waals surface area (Å²) >= 11 is 0. The normalized spacial score (nSPS) is 24.2. The van der Waals surface area contributed by atoms with E-state index in [1.54, 1.807) is 29.3 Å². The highest BCUT2D eigenvalue weighted by molar-refractivity contribution is 6.08. The second kappa shape index (κ2) is 10.5. The lowest BCUT2D eigenvalue weighted by atomic mass is 9.87. The van der Waals surface area contributed by atoms with E-state index in [1.165, 1.54) is 0 Å². The number of anilines is 1. The minimum absolute atomic E-state index is 0.107. The lowest BCUT2D eigenvalue weighted by molar-refractivity contribution is -0.139. The van der Waals surface area contributed by atoms with E-state index in [4.69, 9.17) is 4.74 Å². The molecule has 2 unspecified atom stereocenters. The van der Waals surface area contributed by atoms with Crippen LogP contribution in [-0.2, 0) is 20.9 Å². The molecule has 3 atom stereocenters. The van der Waals surface area contributed by atoms with Crippen molar-refractivity contribution in [3.05, 3.63) is 47.3 Å². The monoisotopic (exact) mass is 566 g/mol. The maximum Gasteiger partial charge on any atom is 0.410 e. The van der Waals surface area contributed by atoms with Gasteiger partial charge in [0.15, 0.2) is 6.23 Å². The first-order chi connectivity index (χ1) is 19.2. The van der Waals surface area contributed by atoms with Gasteiger partial charge in [0.1, 0.15) is 11.6 Å². The second-order valence-electron chi connectivity index (χ2n) is 12.6. The largest absolute Gasteiger partial charge is 0.444 e. The average Bonchev–Trinajstić information content (AvgIpc) is 3.45. The zero-order valence-corrected chi connectivity index (χ0v) is 24.1. The smallest absolute Gasteiger partial charge is 0.410 e. The summed E-state index contributed by atoms with van der Waals surface area (Å²) in [6, 6.07) is 4.36. The Labute approximate surface area is 239 Å². The number of fused-ring (bicyclic) bond motifs is 1. The molecule has 0 saturated carbocycles. The number of carbonyl (C=O) groups excluding carboxylic acids is 4. The molecule has 0 radical (unpaired) electrons. The van der Waals surface area contributed by atoms with Crippen LogP contribution in [-0.4, -0.2) is 72.2 Å². The van der Waals surface area contributed by atoms with E-state index in [0.29, 0.717) is 29.9 Å². The predicted octanol–water partition coefficient (Wildman–Crippen LogP) is 3.10. The van der Waals surface area contributed by atoms with Crippen molar-refractivity contribution < 1.29 is 29.0 Å². The third-order valence-electron chi connectivity index (χ3n) is 7.91. The number of hydrogen-bond acceptors (Lipinski definition) is 8. The van der Waals surface area contributed by atoms with Crippen LogP contribution in [0, 0.1) is 0 Å². The molecule has 5 rings (SSSR count).